The molecule has 0 radical (unpaired) electrons. The van der Waals surface area contributed by atoms with Crippen molar-refractivity contribution in [3.8, 4) is 0 Å². The van der Waals surface area contributed by atoms with Gasteiger partial charge in [-0.3, -0.25) is 4.79 Å². The molecule has 0 aromatic carbocycles. The van der Waals surface area contributed by atoms with Crippen LogP contribution in [0.1, 0.15) is 38.5 Å². The van der Waals surface area contributed by atoms with E-state index in [1.165, 1.54) is 19.3 Å². The Balaban J connectivity index is 1.58. The molecule has 4 bridgehead atoms. The lowest BCUT2D eigenvalue weighted by Gasteiger charge is -2.55. The molecule has 0 spiro atoms. The molecule has 0 saturated heterocycles. The van der Waals surface area contributed by atoms with Crippen molar-refractivity contribution in [3.05, 3.63) is 0 Å². The molecular weight excluding hydrogens is 244 g/mol. The molecule has 4 aliphatic carbocycles. The van der Waals surface area contributed by atoms with Gasteiger partial charge in [0, 0.05) is 0 Å². The number of nitrogen functional groups attached to an aromatic ring is 1. The Kier molecular flexibility index (Phi) is 2.20. The molecule has 0 atom stereocenters. The number of rotatable bonds is 2. The highest BCUT2D eigenvalue weighted by molar-refractivity contribution is 5.96. The summed E-state index contributed by atoms with van der Waals surface area (Å²) in [5.74, 6) is 2.70. The average Bonchev–Trinajstić information content (AvgIpc) is 2.73. The summed E-state index contributed by atoms with van der Waals surface area (Å²) in [4.78, 5) is 12.6. The highest BCUT2D eigenvalue weighted by Crippen LogP contribution is 2.60. The van der Waals surface area contributed by atoms with Gasteiger partial charge in [-0.2, -0.15) is 0 Å². The van der Waals surface area contributed by atoms with Crippen LogP contribution in [0, 0.1) is 23.2 Å². The van der Waals surface area contributed by atoms with Gasteiger partial charge in [-0.05, 0) is 66.6 Å². The fourth-order valence-corrected chi connectivity index (χ4v) is 4.91. The first-order valence-corrected chi connectivity index (χ1v) is 7.04. The van der Waals surface area contributed by atoms with Crippen LogP contribution < -0.4 is 11.1 Å². The van der Waals surface area contributed by atoms with Gasteiger partial charge in [0.15, 0.2) is 0 Å². The summed E-state index contributed by atoms with van der Waals surface area (Å²) in [6, 6.07) is 0. The van der Waals surface area contributed by atoms with Crippen molar-refractivity contribution < 1.29 is 9.42 Å². The summed E-state index contributed by atoms with van der Waals surface area (Å²) in [6.45, 7) is 0. The summed E-state index contributed by atoms with van der Waals surface area (Å²) in [7, 11) is 0. The van der Waals surface area contributed by atoms with E-state index in [1.54, 1.807) is 0 Å². The minimum Gasteiger partial charge on any atom is -0.378 e. The lowest BCUT2D eigenvalue weighted by molar-refractivity contribution is -0.140. The van der Waals surface area contributed by atoms with Crippen molar-refractivity contribution in [1.82, 2.24) is 10.3 Å². The molecule has 0 aliphatic heterocycles. The Bertz CT molecular complexity index is 489. The molecule has 6 heteroatoms. The van der Waals surface area contributed by atoms with Gasteiger partial charge in [-0.15, -0.1) is 0 Å². The van der Waals surface area contributed by atoms with E-state index < -0.39 is 0 Å². The quantitative estimate of drug-likeness (QED) is 0.847. The highest BCUT2D eigenvalue weighted by atomic mass is 16.6. The molecule has 4 saturated carbocycles. The predicted molar refractivity (Wildman–Crippen MR) is 67.9 cm³/mol. The molecule has 1 amide bonds. The summed E-state index contributed by atoms with van der Waals surface area (Å²) in [5.41, 5.74) is 5.40. The van der Waals surface area contributed by atoms with Gasteiger partial charge < -0.3 is 11.1 Å². The lowest BCUT2D eigenvalue weighted by atomic mass is 9.49. The summed E-state index contributed by atoms with van der Waals surface area (Å²) in [6.07, 6.45) is 7.03. The Labute approximate surface area is 111 Å². The maximum absolute atomic E-state index is 12.6. The Morgan fingerprint density at radius 3 is 2.21 bits per heavy atom. The fraction of sp³-hybridized carbons (Fsp3) is 0.769. The molecule has 4 fully saturated rings. The third-order valence-electron chi connectivity index (χ3n) is 5.27. The lowest BCUT2D eigenvalue weighted by Crippen LogP contribution is -2.51. The van der Waals surface area contributed by atoms with E-state index in [1.807, 2.05) is 0 Å². The molecule has 1 aromatic heterocycles. The van der Waals surface area contributed by atoms with Crippen molar-refractivity contribution in [2.75, 3.05) is 11.1 Å². The van der Waals surface area contributed by atoms with Gasteiger partial charge in [-0.1, -0.05) is 0 Å². The van der Waals surface area contributed by atoms with Crippen LogP contribution in [0.5, 0.6) is 0 Å². The zero-order chi connectivity index (χ0) is 13.0. The van der Waals surface area contributed by atoms with Gasteiger partial charge >= 0.3 is 0 Å². The van der Waals surface area contributed by atoms with E-state index in [0.717, 1.165) is 37.0 Å². The van der Waals surface area contributed by atoms with Crippen molar-refractivity contribution in [1.29, 1.82) is 0 Å². The fourth-order valence-electron chi connectivity index (χ4n) is 4.91. The van der Waals surface area contributed by atoms with Crippen LogP contribution in [0.25, 0.3) is 0 Å². The van der Waals surface area contributed by atoms with E-state index >= 15 is 0 Å². The minimum absolute atomic E-state index is 0.0639. The number of anilines is 2. The van der Waals surface area contributed by atoms with Crippen LogP contribution in [0.2, 0.25) is 0 Å². The molecule has 1 heterocycles. The number of hydrogen-bond donors (Lipinski definition) is 2. The third-order valence-corrected chi connectivity index (χ3v) is 5.27. The van der Waals surface area contributed by atoms with Crippen molar-refractivity contribution in [2.24, 2.45) is 23.2 Å². The molecule has 4 aliphatic rings. The van der Waals surface area contributed by atoms with Crippen molar-refractivity contribution in [3.63, 3.8) is 0 Å². The number of nitrogens with two attached hydrogens (primary N) is 1. The van der Waals surface area contributed by atoms with Gasteiger partial charge in [0.05, 0.1) is 5.41 Å². The predicted octanol–water partition coefficient (Wildman–Crippen LogP) is 1.81. The Hall–Kier alpha value is -1.59. The van der Waals surface area contributed by atoms with E-state index in [-0.39, 0.29) is 23.0 Å². The van der Waals surface area contributed by atoms with Gasteiger partial charge in [0.1, 0.15) is 0 Å². The topological polar surface area (TPSA) is 94.0 Å². The highest BCUT2D eigenvalue weighted by Gasteiger charge is 2.54. The first-order chi connectivity index (χ1) is 9.14. The van der Waals surface area contributed by atoms with Crippen LogP contribution in [0.3, 0.4) is 0 Å². The van der Waals surface area contributed by atoms with Crippen LogP contribution in [-0.4, -0.2) is 16.2 Å². The van der Waals surface area contributed by atoms with Crippen molar-refractivity contribution in [2.45, 2.75) is 38.5 Å². The zero-order valence-corrected chi connectivity index (χ0v) is 10.8. The number of nitrogens with one attached hydrogen (secondary N) is 1. The van der Waals surface area contributed by atoms with Crippen molar-refractivity contribution >= 4 is 17.5 Å². The van der Waals surface area contributed by atoms with Gasteiger partial charge in [0.25, 0.3) is 0 Å². The Morgan fingerprint density at radius 2 is 1.74 bits per heavy atom. The van der Waals surface area contributed by atoms with E-state index in [2.05, 4.69) is 20.3 Å². The second-order valence-electron chi connectivity index (χ2n) is 6.65. The number of amides is 1. The number of nitrogens with zero attached hydrogens (tertiary/aromatic N) is 2. The first kappa shape index (κ1) is 11.3. The smallest absolute Gasteiger partial charge is 0.231 e. The Morgan fingerprint density at radius 1 is 1.16 bits per heavy atom. The van der Waals surface area contributed by atoms with Crippen LogP contribution in [0.4, 0.5) is 11.6 Å². The minimum atomic E-state index is -0.194. The molecule has 5 rings (SSSR count). The molecular formula is C13H18N4O2. The molecule has 3 N–H and O–H groups in total. The van der Waals surface area contributed by atoms with Gasteiger partial charge in [-0.25, -0.2) is 4.63 Å². The third kappa shape index (κ3) is 1.65. The van der Waals surface area contributed by atoms with E-state index in [9.17, 15) is 4.79 Å². The maximum Gasteiger partial charge on any atom is 0.231 e. The summed E-state index contributed by atoms with van der Waals surface area (Å²) >= 11 is 0. The normalized spacial score (nSPS) is 39.5. The second-order valence-corrected chi connectivity index (χ2v) is 6.65. The average molecular weight is 262 g/mol. The van der Waals surface area contributed by atoms with E-state index in [4.69, 9.17) is 5.73 Å². The molecule has 19 heavy (non-hydrogen) atoms. The van der Waals surface area contributed by atoms with Crippen LogP contribution in [0.15, 0.2) is 4.63 Å². The maximum atomic E-state index is 12.6. The monoisotopic (exact) mass is 262 g/mol. The molecule has 0 unspecified atom stereocenters. The summed E-state index contributed by atoms with van der Waals surface area (Å²) < 4.78 is 4.53. The largest absolute Gasteiger partial charge is 0.378 e. The number of carbonyl (C=O) groups is 1. The molecule has 1 aromatic rings. The zero-order valence-electron chi connectivity index (χ0n) is 10.8. The SMILES string of the molecule is Nc1nonc1NC(=O)C12CC3CC(CC(C3)C1)C2. The van der Waals surface area contributed by atoms with Crippen LogP contribution >= 0.6 is 0 Å². The first-order valence-electron chi connectivity index (χ1n) is 7.04. The second kappa shape index (κ2) is 3.71. The number of aromatic nitrogens is 2. The number of hydrogen-bond acceptors (Lipinski definition) is 5. The van der Waals surface area contributed by atoms with Gasteiger partial charge in [0.2, 0.25) is 17.5 Å². The molecule has 6 nitrogen and oxygen atoms in total. The summed E-state index contributed by atoms with van der Waals surface area (Å²) in [5, 5.41) is 9.95. The van der Waals surface area contributed by atoms with E-state index in [0.29, 0.717) is 0 Å². The molecule has 102 valence electrons. The standard InChI is InChI=1S/C13H18N4O2/c14-10-11(17-19-16-10)15-12(18)13-4-7-1-8(5-13)3-9(2-7)6-13/h7-9H,1-6H2,(H2,14,16)(H,15,17,18). The van der Waals surface area contributed by atoms with Crippen LogP contribution in [-0.2, 0) is 4.79 Å². The number of carbonyl (C=O) groups excluding carboxylic acids is 1.